The van der Waals surface area contributed by atoms with Crippen LogP contribution in [0.15, 0.2) is 12.3 Å². The molecular formula is C24H33N5O3. The SMILES string of the molecule is CCc1nc2cc(N3CCC(C(=O)N4CCC5(CC4)OCCO5)CC3)cnc2nc1CC. The van der Waals surface area contributed by atoms with Crippen molar-refractivity contribution in [1.82, 2.24) is 19.9 Å². The van der Waals surface area contributed by atoms with Gasteiger partial charge < -0.3 is 19.3 Å². The van der Waals surface area contributed by atoms with E-state index >= 15 is 0 Å². The number of pyridine rings is 1. The summed E-state index contributed by atoms with van der Waals surface area (Å²) in [5, 5.41) is 0. The number of fused-ring (bicyclic) bond motifs is 1. The van der Waals surface area contributed by atoms with Crippen molar-refractivity contribution >= 4 is 22.8 Å². The predicted molar refractivity (Wildman–Crippen MR) is 121 cm³/mol. The fourth-order valence-corrected chi connectivity index (χ4v) is 5.24. The Morgan fingerprint density at radius 2 is 1.69 bits per heavy atom. The number of anilines is 1. The number of amides is 1. The van der Waals surface area contributed by atoms with Gasteiger partial charge in [-0.15, -0.1) is 0 Å². The molecule has 3 aliphatic heterocycles. The van der Waals surface area contributed by atoms with Crippen LogP contribution in [-0.4, -0.2) is 70.9 Å². The Balaban J connectivity index is 1.21. The molecule has 0 atom stereocenters. The van der Waals surface area contributed by atoms with Crippen molar-refractivity contribution in [2.75, 3.05) is 44.3 Å². The second-order valence-electron chi connectivity index (χ2n) is 9.05. The van der Waals surface area contributed by atoms with Crippen LogP contribution in [0.1, 0.15) is 50.9 Å². The topological polar surface area (TPSA) is 80.7 Å². The van der Waals surface area contributed by atoms with Crippen LogP contribution in [0.3, 0.4) is 0 Å². The van der Waals surface area contributed by atoms with E-state index in [1.165, 1.54) is 0 Å². The molecule has 3 fully saturated rings. The highest BCUT2D eigenvalue weighted by Gasteiger charge is 2.41. The van der Waals surface area contributed by atoms with Gasteiger partial charge in [0.05, 0.1) is 36.5 Å². The zero-order valence-corrected chi connectivity index (χ0v) is 19.2. The molecule has 0 aliphatic carbocycles. The summed E-state index contributed by atoms with van der Waals surface area (Å²) >= 11 is 0. The van der Waals surface area contributed by atoms with Gasteiger partial charge in [0, 0.05) is 44.9 Å². The van der Waals surface area contributed by atoms with E-state index in [1.807, 2.05) is 11.1 Å². The van der Waals surface area contributed by atoms with Crippen molar-refractivity contribution in [2.45, 2.75) is 58.2 Å². The molecule has 5 rings (SSSR count). The number of likely N-dealkylation sites (tertiary alicyclic amines) is 1. The van der Waals surface area contributed by atoms with Crippen LogP contribution in [-0.2, 0) is 27.1 Å². The summed E-state index contributed by atoms with van der Waals surface area (Å²) in [7, 11) is 0. The molecule has 8 heteroatoms. The van der Waals surface area contributed by atoms with Gasteiger partial charge in [0.2, 0.25) is 5.91 Å². The molecule has 0 saturated carbocycles. The minimum absolute atomic E-state index is 0.0951. The van der Waals surface area contributed by atoms with Crippen LogP contribution < -0.4 is 4.90 Å². The Morgan fingerprint density at radius 1 is 1.03 bits per heavy atom. The van der Waals surface area contributed by atoms with Crippen LogP contribution in [0.4, 0.5) is 5.69 Å². The maximum absolute atomic E-state index is 13.1. The van der Waals surface area contributed by atoms with Gasteiger partial charge in [0.25, 0.3) is 0 Å². The molecule has 32 heavy (non-hydrogen) atoms. The van der Waals surface area contributed by atoms with Crippen molar-refractivity contribution in [1.29, 1.82) is 0 Å². The van der Waals surface area contributed by atoms with Crippen molar-refractivity contribution < 1.29 is 14.3 Å². The first-order valence-electron chi connectivity index (χ1n) is 12.1. The largest absolute Gasteiger partial charge is 0.370 e. The van der Waals surface area contributed by atoms with E-state index in [0.717, 1.165) is 87.3 Å². The average Bonchev–Trinajstić information content (AvgIpc) is 3.30. The van der Waals surface area contributed by atoms with Gasteiger partial charge in [-0.1, -0.05) is 13.8 Å². The van der Waals surface area contributed by atoms with E-state index in [2.05, 4.69) is 29.8 Å². The van der Waals surface area contributed by atoms with E-state index in [4.69, 9.17) is 19.4 Å². The molecule has 0 N–H and O–H groups in total. The van der Waals surface area contributed by atoms with Crippen molar-refractivity contribution in [3.8, 4) is 0 Å². The molecule has 3 saturated heterocycles. The second-order valence-corrected chi connectivity index (χ2v) is 9.05. The standard InChI is InChI=1S/C24H33N5O3/c1-3-19-20(4-2)27-22-21(26-19)15-18(16-25-22)28-9-5-17(6-10-28)23(30)29-11-7-24(8-12-29)31-13-14-32-24/h15-17H,3-14H2,1-2H3. The van der Waals surface area contributed by atoms with Gasteiger partial charge in [-0.05, 0) is 31.7 Å². The number of piperidine rings is 2. The van der Waals surface area contributed by atoms with Crippen LogP contribution in [0.25, 0.3) is 11.2 Å². The minimum atomic E-state index is -0.429. The highest BCUT2D eigenvalue weighted by molar-refractivity contribution is 5.79. The molecule has 2 aromatic rings. The fraction of sp³-hybridized carbons (Fsp3) is 0.667. The number of nitrogens with zero attached hydrogens (tertiary/aromatic N) is 5. The first-order valence-corrected chi connectivity index (χ1v) is 12.1. The molecule has 5 heterocycles. The van der Waals surface area contributed by atoms with Gasteiger partial charge in [0.15, 0.2) is 11.4 Å². The summed E-state index contributed by atoms with van der Waals surface area (Å²) < 4.78 is 11.6. The number of hydrogen-bond acceptors (Lipinski definition) is 7. The molecule has 8 nitrogen and oxygen atoms in total. The maximum atomic E-state index is 13.1. The summed E-state index contributed by atoms with van der Waals surface area (Å²) in [5.41, 5.74) is 4.73. The van der Waals surface area contributed by atoms with Gasteiger partial charge in [-0.25, -0.2) is 15.0 Å². The predicted octanol–water partition coefficient (Wildman–Crippen LogP) is 2.73. The van der Waals surface area contributed by atoms with Crippen molar-refractivity contribution in [3.63, 3.8) is 0 Å². The van der Waals surface area contributed by atoms with Crippen LogP contribution in [0, 0.1) is 5.92 Å². The van der Waals surface area contributed by atoms with Gasteiger partial charge in [-0.2, -0.15) is 0 Å². The normalized spacial score (nSPS) is 21.6. The van der Waals surface area contributed by atoms with E-state index in [1.54, 1.807) is 0 Å². The Morgan fingerprint density at radius 3 is 2.34 bits per heavy atom. The number of carbonyl (C=O) groups is 1. The minimum Gasteiger partial charge on any atom is -0.370 e. The van der Waals surface area contributed by atoms with Gasteiger partial charge in [0.1, 0.15) is 5.52 Å². The third-order valence-electron chi connectivity index (χ3n) is 7.19. The molecule has 0 aromatic carbocycles. The van der Waals surface area contributed by atoms with E-state index in [-0.39, 0.29) is 5.92 Å². The highest BCUT2D eigenvalue weighted by atomic mass is 16.7. The first kappa shape index (κ1) is 21.5. The summed E-state index contributed by atoms with van der Waals surface area (Å²) in [6, 6.07) is 2.10. The quantitative estimate of drug-likeness (QED) is 0.725. The molecule has 0 radical (unpaired) electrons. The Labute approximate surface area is 189 Å². The lowest BCUT2D eigenvalue weighted by molar-refractivity contribution is -0.188. The Kier molecular flexibility index (Phi) is 5.99. The summed E-state index contributed by atoms with van der Waals surface area (Å²) in [4.78, 5) is 31.6. The number of carbonyl (C=O) groups excluding carboxylic acids is 1. The molecule has 0 bridgehead atoms. The number of ether oxygens (including phenoxy) is 2. The molecule has 2 aromatic heterocycles. The summed E-state index contributed by atoms with van der Waals surface area (Å²) in [6.07, 6.45) is 6.94. The summed E-state index contributed by atoms with van der Waals surface area (Å²) in [5.74, 6) is -0.0424. The lowest BCUT2D eigenvalue weighted by atomic mass is 9.93. The molecule has 0 unspecified atom stereocenters. The highest BCUT2D eigenvalue weighted by Crippen LogP contribution is 2.33. The van der Waals surface area contributed by atoms with Gasteiger partial charge in [-0.3, -0.25) is 4.79 Å². The molecule has 1 amide bonds. The maximum Gasteiger partial charge on any atom is 0.225 e. The lowest BCUT2D eigenvalue weighted by Gasteiger charge is -2.40. The van der Waals surface area contributed by atoms with Crippen LogP contribution >= 0.6 is 0 Å². The van der Waals surface area contributed by atoms with Gasteiger partial charge >= 0.3 is 0 Å². The first-order chi connectivity index (χ1) is 15.6. The van der Waals surface area contributed by atoms with Crippen molar-refractivity contribution in [3.05, 3.63) is 23.7 Å². The molecular weight excluding hydrogens is 406 g/mol. The second kappa shape index (κ2) is 8.90. The third-order valence-corrected chi connectivity index (χ3v) is 7.19. The number of rotatable bonds is 4. The van der Waals surface area contributed by atoms with Crippen LogP contribution in [0.2, 0.25) is 0 Å². The van der Waals surface area contributed by atoms with Crippen molar-refractivity contribution in [2.24, 2.45) is 5.92 Å². The average molecular weight is 440 g/mol. The fourth-order valence-electron chi connectivity index (χ4n) is 5.24. The zero-order valence-electron chi connectivity index (χ0n) is 19.2. The monoisotopic (exact) mass is 439 g/mol. The Hall–Kier alpha value is -2.32. The lowest BCUT2D eigenvalue weighted by Crippen LogP contribution is -2.50. The summed E-state index contributed by atoms with van der Waals surface area (Å²) in [6.45, 7) is 8.72. The number of hydrogen-bond donors (Lipinski definition) is 0. The molecule has 3 aliphatic rings. The number of aryl methyl sites for hydroxylation is 2. The zero-order chi connectivity index (χ0) is 22.1. The molecule has 1 spiro atoms. The van der Waals surface area contributed by atoms with Crippen LogP contribution in [0.5, 0.6) is 0 Å². The molecule has 172 valence electrons. The van der Waals surface area contributed by atoms with E-state index < -0.39 is 5.79 Å². The Bertz CT molecular complexity index is 973. The third kappa shape index (κ3) is 4.06. The van der Waals surface area contributed by atoms with E-state index in [9.17, 15) is 4.79 Å². The smallest absolute Gasteiger partial charge is 0.225 e. The van der Waals surface area contributed by atoms with E-state index in [0.29, 0.717) is 24.8 Å². The number of aromatic nitrogens is 3.